The Hall–Kier alpha value is -1.55. The van der Waals surface area contributed by atoms with Gasteiger partial charge in [0.25, 0.3) is 0 Å². The lowest BCUT2D eigenvalue weighted by molar-refractivity contribution is -0.115. The van der Waals surface area contributed by atoms with Gasteiger partial charge in [-0.25, -0.2) is 15.0 Å². The number of fused-ring (bicyclic) bond motifs is 2. The van der Waals surface area contributed by atoms with Crippen LogP contribution in [0.15, 0.2) is 11.4 Å². The summed E-state index contributed by atoms with van der Waals surface area (Å²) in [6.07, 6.45) is 3.01. The van der Waals surface area contributed by atoms with Gasteiger partial charge in [0.15, 0.2) is 5.13 Å². The highest BCUT2D eigenvalue weighted by Crippen LogP contribution is 2.34. The number of nitrogens with one attached hydrogen (secondary N) is 1. The molecule has 3 aromatic heterocycles. The SMILES string of the molecule is CCN1CCc2nc(NC(=O)CCSc3ncnc4sc(C)c(C)c34)sc2C1. The molecular weight excluding hydrogens is 410 g/mol. The van der Waals surface area contributed by atoms with Crippen LogP contribution in [0.25, 0.3) is 10.2 Å². The molecule has 0 radical (unpaired) electrons. The summed E-state index contributed by atoms with van der Waals surface area (Å²) in [7, 11) is 0. The summed E-state index contributed by atoms with van der Waals surface area (Å²) >= 11 is 4.92. The summed E-state index contributed by atoms with van der Waals surface area (Å²) in [5.74, 6) is 0.690. The van der Waals surface area contributed by atoms with Crippen LogP contribution in [0.4, 0.5) is 5.13 Å². The first-order chi connectivity index (χ1) is 13.5. The fourth-order valence-electron chi connectivity index (χ4n) is 3.25. The molecule has 0 bridgehead atoms. The number of thiophene rings is 1. The molecule has 148 valence electrons. The van der Waals surface area contributed by atoms with Gasteiger partial charge in [-0.3, -0.25) is 9.69 Å². The molecule has 4 heterocycles. The number of aromatic nitrogens is 3. The molecule has 1 N–H and O–H groups in total. The zero-order valence-electron chi connectivity index (χ0n) is 16.2. The summed E-state index contributed by atoms with van der Waals surface area (Å²) in [4.78, 5) is 31.8. The Morgan fingerprint density at radius 3 is 3.00 bits per heavy atom. The molecule has 0 aromatic carbocycles. The highest BCUT2D eigenvalue weighted by molar-refractivity contribution is 7.99. The number of anilines is 1. The molecule has 0 saturated heterocycles. The van der Waals surface area contributed by atoms with Crippen molar-refractivity contribution >= 4 is 55.7 Å². The molecule has 1 aliphatic heterocycles. The van der Waals surface area contributed by atoms with E-state index in [9.17, 15) is 4.79 Å². The second-order valence-corrected chi connectivity index (χ2v) is 10.2. The minimum atomic E-state index is 0.00876. The molecular formula is C19H23N5OS3. The van der Waals surface area contributed by atoms with Crippen molar-refractivity contribution in [1.82, 2.24) is 19.9 Å². The third-order valence-corrected chi connectivity index (χ3v) is 8.11. The summed E-state index contributed by atoms with van der Waals surface area (Å²) in [5.41, 5.74) is 2.38. The fraction of sp³-hybridized carbons (Fsp3) is 0.474. The number of nitrogens with zero attached hydrogens (tertiary/aromatic N) is 4. The highest BCUT2D eigenvalue weighted by atomic mass is 32.2. The summed E-state index contributed by atoms with van der Waals surface area (Å²) in [6, 6.07) is 0. The third kappa shape index (κ3) is 4.07. The lowest BCUT2D eigenvalue weighted by Gasteiger charge is -2.23. The van der Waals surface area contributed by atoms with Gasteiger partial charge in [0.1, 0.15) is 16.2 Å². The van der Waals surface area contributed by atoms with E-state index in [0.29, 0.717) is 12.2 Å². The standard InChI is InChI=1S/C19H23N5OS3/c1-4-24-7-5-13-14(9-24)28-19(22-13)23-15(25)6-8-26-17-16-11(2)12(3)27-18(16)21-10-20-17/h10H,4-9H2,1-3H3,(H,22,23,25). The molecule has 0 fully saturated rings. The fourth-order valence-corrected chi connectivity index (χ4v) is 6.38. The van der Waals surface area contributed by atoms with Crippen LogP contribution in [-0.2, 0) is 17.8 Å². The van der Waals surface area contributed by atoms with Gasteiger partial charge >= 0.3 is 0 Å². The van der Waals surface area contributed by atoms with Crippen LogP contribution in [0.3, 0.4) is 0 Å². The topological polar surface area (TPSA) is 71.0 Å². The number of thiazole rings is 1. The maximum Gasteiger partial charge on any atom is 0.226 e. The van der Waals surface area contributed by atoms with Crippen molar-refractivity contribution in [1.29, 1.82) is 0 Å². The largest absolute Gasteiger partial charge is 0.302 e. The van der Waals surface area contributed by atoms with Crippen molar-refractivity contribution in [3.05, 3.63) is 27.3 Å². The van der Waals surface area contributed by atoms with Gasteiger partial charge in [0.05, 0.1) is 5.69 Å². The van der Waals surface area contributed by atoms with E-state index in [2.05, 4.69) is 45.9 Å². The van der Waals surface area contributed by atoms with Crippen LogP contribution in [0, 0.1) is 13.8 Å². The Balaban J connectivity index is 1.34. The van der Waals surface area contributed by atoms with Crippen LogP contribution in [0.2, 0.25) is 0 Å². The number of hydrogen-bond acceptors (Lipinski definition) is 8. The van der Waals surface area contributed by atoms with Gasteiger partial charge in [0.2, 0.25) is 5.91 Å². The second kappa shape index (κ2) is 8.44. The smallest absolute Gasteiger partial charge is 0.226 e. The van der Waals surface area contributed by atoms with E-state index in [4.69, 9.17) is 0 Å². The van der Waals surface area contributed by atoms with Gasteiger partial charge in [0, 0.05) is 46.8 Å². The lowest BCUT2D eigenvalue weighted by Crippen LogP contribution is -2.29. The summed E-state index contributed by atoms with van der Waals surface area (Å²) in [6.45, 7) is 9.44. The van der Waals surface area contributed by atoms with Crippen LogP contribution in [0.1, 0.15) is 34.4 Å². The van der Waals surface area contributed by atoms with Gasteiger partial charge < -0.3 is 5.32 Å². The second-order valence-electron chi connectivity index (χ2n) is 6.80. The molecule has 0 saturated carbocycles. The third-order valence-electron chi connectivity index (χ3n) is 5.00. The normalized spacial score (nSPS) is 14.4. The Kier molecular flexibility index (Phi) is 5.96. The molecule has 4 rings (SSSR count). The Morgan fingerprint density at radius 1 is 1.32 bits per heavy atom. The molecule has 3 aromatic rings. The van der Waals surface area contributed by atoms with Crippen LogP contribution < -0.4 is 5.32 Å². The first kappa shape index (κ1) is 19.8. The van der Waals surface area contributed by atoms with Crippen LogP contribution in [-0.4, -0.2) is 44.6 Å². The number of aryl methyl sites for hydroxylation is 2. The average Bonchev–Trinajstić information content (AvgIpc) is 3.21. The van der Waals surface area contributed by atoms with Crippen molar-refractivity contribution in [2.75, 3.05) is 24.2 Å². The molecule has 1 amide bonds. The molecule has 0 spiro atoms. The van der Waals surface area contributed by atoms with E-state index in [0.717, 1.165) is 52.1 Å². The van der Waals surface area contributed by atoms with E-state index in [1.54, 1.807) is 40.8 Å². The first-order valence-corrected chi connectivity index (χ1v) is 12.0. The molecule has 9 heteroatoms. The minimum Gasteiger partial charge on any atom is -0.302 e. The van der Waals surface area contributed by atoms with E-state index in [1.165, 1.54) is 15.3 Å². The average molecular weight is 434 g/mol. The highest BCUT2D eigenvalue weighted by Gasteiger charge is 2.20. The number of thioether (sulfide) groups is 1. The Labute approximate surface area is 176 Å². The lowest BCUT2D eigenvalue weighted by atomic mass is 10.2. The van der Waals surface area contributed by atoms with Crippen molar-refractivity contribution in [3.63, 3.8) is 0 Å². The number of carbonyl (C=O) groups is 1. The van der Waals surface area contributed by atoms with E-state index < -0.39 is 0 Å². The predicted octanol–water partition coefficient (Wildman–Crippen LogP) is 4.26. The maximum absolute atomic E-state index is 12.4. The first-order valence-electron chi connectivity index (χ1n) is 9.39. The zero-order valence-corrected chi connectivity index (χ0v) is 18.7. The number of rotatable bonds is 6. The molecule has 0 unspecified atom stereocenters. The van der Waals surface area contributed by atoms with Gasteiger partial charge in [-0.05, 0) is 26.0 Å². The van der Waals surface area contributed by atoms with Crippen LogP contribution >= 0.6 is 34.4 Å². The minimum absolute atomic E-state index is 0.00876. The number of hydrogen-bond donors (Lipinski definition) is 1. The van der Waals surface area contributed by atoms with Crippen molar-refractivity contribution in [2.45, 2.75) is 45.2 Å². The molecule has 6 nitrogen and oxygen atoms in total. The summed E-state index contributed by atoms with van der Waals surface area (Å²) in [5, 5.41) is 5.80. The Morgan fingerprint density at radius 2 is 2.18 bits per heavy atom. The number of likely N-dealkylation sites (N-methyl/N-ethyl adjacent to an activating group) is 1. The number of amides is 1. The predicted molar refractivity (Wildman–Crippen MR) is 118 cm³/mol. The van der Waals surface area contributed by atoms with E-state index in [1.807, 2.05) is 0 Å². The monoisotopic (exact) mass is 433 g/mol. The molecule has 1 aliphatic rings. The van der Waals surface area contributed by atoms with Gasteiger partial charge in [-0.1, -0.05) is 6.92 Å². The van der Waals surface area contributed by atoms with Gasteiger partial charge in [-0.15, -0.1) is 34.4 Å². The molecule has 0 aliphatic carbocycles. The van der Waals surface area contributed by atoms with E-state index >= 15 is 0 Å². The Bertz CT molecular complexity index is 1010. The van der Waals surface area contributed by atoms with Gasteiger partial charge in [-0.2, -0.15) is 0 Å². The van der Waals surface area contributed by atoms with Crippen molar-refractivity contribution in [3.8, 4) is 0 Å². The number of carbonyl (C=O) groups excluding carboxylic acids is 1. The zero-order chi connectivity index (χ0) is 19.7. The van der Waals surface area contributed by atoms with Crippen LogP contribution in [0.5, 0.6) is 0 Å². The van der Waals surface area contributed by atoms with Crippen molar-refractivity contribution in [2.24, 2.45) is 0 Å². The maximum atomic E-state index is 12.4. The van der Waals surface area contributed by atoms with E-state index in [-0.39, 0.29) is 5.91 Å². The summed E-state index contributed by atoms with van der Waals surface area (Å²) < 4.78 is 0. The quantitative estimate of drug-likeness (QED) is 0.463. The molecule has 0 atom stereocenters. The molecule has 28 heavy (non-hydrogen) atoms. The van der Waals surface area contributed by atoms with Crippen molar-refractivity contribution < 1.29 is 4.79 Å².